The number of allylic oxidation sites excluding steroid dienone is 1. The molecule has 1 unspecified atom stereocenters. The van der Waals surface area contributed by atoms with E-state index >= 15 is 0 Å². The first kappa shape index (κ1) is 12.7. The molecule has 1 aliphatic heterocycles. The summed E-state index contributed by atoms with van der Waals surface area (Å²) in [5.74, 6) is 0.0555. The molecule has 1 atom stereocenters. The maximum Gasteiger partial charge on any atom is 0.219 e. The molecule has 0 amide bonds. The second-order valence-corrected chi connectivity index (χ2v) is 4.56. The average molecular weight is 222 g/mol. The predicted octanol–water partition coefficient (Wildman–Crippen LogP) is 2.42. The molecule has 0 aliphatic carbocycles. The molecule has 1 heterocycles. The molecule has 0 aromatic carbocycles. The van der Waals surface area contributed by atoms with Crippen LogP contribution < -0.4 is 0 Å². The Morgan fingerprint density at radius 2 is 2.06 bits per heavy atom. The van der Waals surface area contributed by atoms with Gasteiger partial charge in [0.05, 0.1) is 0 Å². The second-order valence-electron chi connectivity index (χ2n) is 4.56. The van der Waals surface area contributed by atoms with Crippen molar-refractivity contribution in [3.63, 3.8) is 0 Å². The van der Waals surface area contributed by atoms with Gasteiger partial charge >= 0.3 is 0 Å². The summed E-state index contributed by atoms with van der Waals surface area (Å²) in [6.45, 7) is 10.9. The number of carbonyl (C=O) groups excluding carboxylic acids is 2. The fraction of sp³-hybridized carbons (Fsp3) is 0.538. The van der Waals surface area contributed by atoms with Crippen LogP contribution in [0.15, 0.2) is 24.0 Å². The van der Waals surface area contributed by atoms with Crippen LogP contribution in [-0.4, -0.2) is 17.7 Å². The van der Waals surface area contributed by atoms with Crippen molar-refractivity contribution in [3.05, 3.63) is 24.0 Å². The lowest BCUT2D eigenvalue weighted by Crippen LogP contribution is -2.34. The van der Waals surface area contributed by atoms with Crippen LogP contribution in [0.2, 0.25) is 0 Å². The van der Waals surface area contributed by atoms with Crippen molar-refractivity contribution in [1.29, 1.82) is 0 Å². The molecule has 0 bridgehead atoms. The van der Waals surface area contributed by atoms with Gasteiger partial charge < -0.3 is 4.74 Å². The van der Waals surface area contributed by atoms with E-state index in [1.165, 1.54) is 6.08 Å². The highest BCUT2D eigenvalue weighted by Crippen LogP contribution is 2.42. The quantitative estimate of drug-likeness (QED) is 0.686. The lowest BCUT2D eigenvalue weighted by atomic mass is 9.79. The largest absolute Gasteiger partial charge is 0.478 e. The van der Waals surface area contributed by atoms with Crippen molar-refractivity contribution in [1.82, 2.24) is 0 Å². The molecule has 1 aliphatic rings. The second kappa shape index (κ2) is 4.24. The molecule has 0 aromatic rings. The van der Waals surface area contributed by atoms with Gasteiger partial charge in [-0.25, -0.2) is 0 Å². The number of ether oxygens (including phenoxy) is 1. The Labute approximate surface area is 96.2 Å². The van der Waals surface area contributed by atoms with Crippen molar-refractivity contribution in [2.45, 2.75) is 40.2 Å². The van der Waals surface area contributed by atoms with E-state index < -0.39 is 11.5 Å². The van der Waals surface area contributed by atoms with Crippen molar-refractivity contribution in [2.24, 2.45) is 5.41 Å². The highest BCUT2D eigenvalue weighted by atomic mass is 16.5. The molecule has 0 fully saturated rings. The topological polar surface area (TPSA) is 43.4 Å². The van der Waals surface area contributed by atoms with Gasteiger partial charge in [-0.3, -0.25) is 9.59 Å². The summed E-state index contributed by atoms with van der Waals surface area (Å²) < 4.78 is 5.50. The normalized spacial score (nSPS) is 22.9. The van der Waals surface area contributed by atoms with Crippen molar-refractivity contribution in [3.8, 4) is 0 Å². The molecule has 3 heteroatoms. The molecule has 0 radical (unpaired) electrons. The Balaban J connectivity index is 3.10. The molecule has 0 aromatic heterocycles. The zero-order chi connectivity index (χ0) is 12.5. The summed E-state index contributed by atoms with van der Waals surface area (Å²) in [5.41, 5.74) is 0.408. The highest BCUT2D eigenvalue weighted by Gasteiger charge is 2.46. The minimum Gasteiger partial charge on any atom is -0.478 e. The van der Waals surface area contributed by atoms with Crippen LogP contribution in [0.5, 0.6) is 0 Å². The van der Waals surface area contributed by atoms with Crippen LogP contribution in [0.4, 0.5) is 0 Å². The Hall–Kier alpha value is -1.38. The Kier molecular flexibility index (Phi) is 3.36. The molecule has 3 nitrogen and oxygen atoms in total. The molecule has 16 heavy (non-hydrogen) atoms. The van der Waals surface area contributed by atoms with Gasteiger partial charge in [0.25, 0.3) is 0 Å². The van der Waals surface area contributed by atoms with E-state index in [9.17, 15) is 9.59 Å². The van der Waals surface area contributed by atoms with Crippen LogP contribution in [-0.2, 0) is 14.3 Å². The molecule has 0 saturated carbocycles. The van der Waals surface area contributed by atoms with Gasteiger partial charge in [-0.15, -0.1) is 0 Å². The molecule has 0 saturated heterocycles. The lowest BCUT2D eigenvalue weighted by molar-refractivity contribution is -0.131. The third-order valence-electron chi connectivity index (χ3n) is 3.25. The minimum absolute atomic E-state index is 0.0243. The Bertz CT molecular complexity index is 375. The van der Waals surface area contributed by atoms with Crippen LogP contribution >= 0.6 is 0 Å². The van der Waals surface area contributed by atoms with Gasteiger partial charge in [0.2, 0.25) is 5.78 Å². The van der Waals surface area contributed by atoms with Gasteiger partial charge in [0.15, 0.2) is 17.6 Å². The lowest BCUT2D eigenvalue weighted by Gasteiger charge is -2.25. The first-order valence-corrected chi connectivity index (χ1v) is 5.43. The summed E-state index contributed by atoms with van der Waals surface area (Å²) in [6, 6.07) is 0. The summed E-state index contributed by atoms with van der Waals surface area (Å²) in [4.78, 5) is 23.3. The molecular weight excluding hydrogens is 204 g/mol. The standard InChI is InChI=1S/C13H18O3/c1-6-9(14)11-8(3)13(4,5)12(16-11)10(15)7-2/h6,12H,1,7H2,2-5H3. The number of carbonyl (C=O) groups is 2. The zero-order valence-electron chi connectivity index (χ0n) is 10.3. The van der Waals surface area contributed by atoms with Crippen LogP contribution in [0, 0.1) is 5.41 Å². The van der Waals surface area contributed by atoms with Crippen molar-refractivity contribution < 1.29 is 14.3 Å². The number of Topliss-reactive ketones (excluding diaryl/α,β-unsaturated/α-hetero) is 1. The maximum atomic E-state index is 11.7. The molecule has 88 valence electrons. The third kappa shape index (κ3) is 1.82. The number of hydrogen-bond acceptors (Lipinski definition) is 3. The van der Waals surface area contributed by atoms with Crippen molar-refractivity contribution >= 4 is 11.6 Å². The summed E-state index contributed by atoms with van der Waals surface area (Å²) in [5, 5.41) is 0. The van der Waals surface area contributed by atoms with E-state index in [0.717, 1.165) is 5.57 Å². The average Bonchev–Trinajstić information content (AvgIpc) is 2.49. The van der Waals surface area contributed by atoms with E-state index in [1.54, 1.807) is 6.92 Å². The Morgan fingerprint density at radius 1 is 1.50 bits per heavy atom. The van der Waals surface area contributed by atoms with E-state index in [0.29, 0.717) is 6.42 Å². The summed E-state index contributed by atoms with van der Waals surface area (Å²) in [7, 11) is 0. The molecule has 0 N–H and O–H groups in total. The van der Waals surface area contributed by atoms with Gasteiger partial charge in [-0.2, -0.15) is 0 Å². The number of ketones is 2. The Morgan fingerprint density at radius 3 is 2.50 bits per heavy atom. The first-order chi connectivity index (χ1) is 7.36. The number of hydrogen-bond donors (Lipinski definition) is 0. The van der Waals surface area contributed by atoms with E-state index in [2.05, 4.69) is 6.58 Å². The van der Waals surface area contributed by atoms with E-state index in [4.69, 9.17) is 4.74 Å². The van der Waals surface area contributed by atoms with Gasteiger partial charge in [-0.1, -0.05) is 27.4 Å². The van der Waals surface area contributed by atoms with Crippen molar-refractivity contribution in [2.75, 3.05) is 0 Å². The van der Waals surface area contributed by atoms with Gasteiger partial charge in [0, 0.05) is 11.8 Å². The van der Waals surface area contributed by atoms with Crippen LogP contribution in [0.3, 0.4) is 0 Å². The summed E-state index contributed by atoms with van der Waals surface area (Å²) in [6.07, 6.45) is 1.08. The van der Waals surface area contributed by atoms with E-state index in [-0.39, 0.29) is 17.3 Å². The first-order valence-electron chi connectivity index (χ1n) is 5.43. The van der Waals surface area contributed by atoms with Crippen LogP contribution in [0.25, 0.3) is 0 Å². The maximum absolute atomic E-state index is 11.7. The third-order valence-corrected chi connectivity index (χ3v) is 3.25. The van der Waals surface area contributed by atoms with Gasteiger partial charge in [0.1, 0.15) is 0 Å². The monoisotopic (exact) mass is 222 g/mol. The molecule has 0 spiro atoms. The highest BCUT2D eigenvalue weighted by molar-refractivity contribution is 6.04. The fourth-order valence-corrected chi connectivity index (χ4v) is 1.83. The van der Waals surface area contributed by atoms with Crippen LogP contribution in [0.1, 0.15) is 34.1 Å². The molecular formula is C13H18O3. The minimum atomic E-state index is -0.545. The van der Waals surface area contributed by atoms with E-state index in [1.807, 2.05) is 20.8 Å². The fourth-order valence-electron chi connectivity index (χ4n) is 1.83. The predicted molar refractivity (Wildman–Crippen MR) is 61.9 cm³/mol. The zero-order valence-corrected chi connectivity index (χ0v) is 10.3. The van der Waals surface area contributed by atoms with Gasteiger partial charge in [-0.05, 0) is 18.6 Å². The smallest absolute Gasteiger partial charge is 0.219 e. The number of rotatable bonds is 4. The SMILES string of the molecule is C=CC(=O)C1=C(C)C(C)(C)C(C(=O)CC)O1. The molecule has 1 rings (SSSR count). The summed E-state index contributed by atoms with van der Waals surface area (Å²) >= 11 is 0.